The van der Waals surface area contributed by atoms with Gasteiger partial charge < -0.3 is 10.5 Å². The molecule has 1 aliphatic rings. The lowest BCUT2D eigenvalue weighted by Crippen LogP contribution is -2.19. The van der Waals surface area contributed by atoms with Crippen molar-refractivity contribution in [3.05, 3.63) is 40.3 Å². The van der Waals surface area contributed by atoms with Gasteiger partial charge in [-0.15, -0.1) is 11.3 Å². The molecule has 3 N–H and O–H groups in total. The molecule has 0 spiro atoms. The second kappa shape index (κ2) is 7.28. The topological polar surface area (TPSA) is 98.5 Å². The van der Waals surface area contributed by atoms with Crippen molar-refractivity contribution in [1.82, 2.24) is 0 Å². The van der Waals surface area contributed by atoms with Gasteiger partial charge in [0.2, 0.25) is 0 Å². The van der Waals surface area contributed by atoms with Crippen LogP contribution in [0.4, 0.5) is 5.00 Å². The first kappa shape index (κ1) is 18.7. The Balaban J connectivity index is 1.93. The van der Waals surface area contributed by atoms with Crippen LogP contribution in [0.15, 0.2) is 29.2 Å². The van der Waals surface area contributed by atoms with E-state index in [2.05, 4.69) is 11.6 Å². The molecule has 1 heterocycles. The molecule has 0 saturated heterocycles. The summed E-state index contributed by atoms with van der Waals surface area (Å²) in [5.41, 5.74) is 6.75. The molecule has 0 aliphatic heterocycles. The van der Waals surface area contributed by atoms with Gasteiger partial charge in [-0.3, -0.25) is 9.52 Å². The van der Waals surface area contributed by atoms with Gasteiger partial charge in [0, 0.05) is 4.88 Å². The van der Waals surface area contributed by atoms with E-state index in [-0.39, 0.29) is 4.90 Å². The van der Waals surface area contributed by atoms with Crippen molar-refractivity contribution in [2.75, 3.05) is 11.3 Å². The number of amides is 1. The highest BCUT2D eigenvalue weighted by Gasteiger charge is 2.28. The lowest BCUT2D eigenvalue weighted by Gasteiger charge is -2.18. The third-order valence-corrected chi connectivity index (χ3v) is 7.09. The second-order valence-electron chi connectivity index (χ2n) is 6.43. The summed E-state index contributed by atoms with van der Waals surface area (Å²) in [6, 6.07) is 6.17. The Morgan fingerprint density at radius 2 is 2.04 bits per heavy atom. The number of hydrogen-bond donors (Lipinski definition) is 2. The maximum atomic E-state index is 12.7. The Hall–Kier alpha value is -2.06. The minimum Gasteiger partial charge on any atom is -0.494 e. The van der Waals surface area contributed by atoms with Crippen LogP contribution in [0.25, 0.3) is 0 Å². The van der Waals surface area contributed by atoms with Gasteiger partial charge in [0.05, 0.1) is 17.1 Å². The van der Waals surface area contributed by atoms with Crippen molar-refractivity contribution in [2.45, 2.75) is 38.0 Å². The summed E-state index contributed by atoms with van der Waals surface area (Å²) in [5, 5.41) is 0.311. The van der Waals surface area contributed by atoms with Gasteiger partial charge in [0.1, 0.15) is 10.8 Å². The first-order chi connectivity index (χ1) is 12.3. The average Bonchev–Trinajstić information content (AvgIpc) is 2.91. The number of nitrogens with two attached hydrogens (primary N) is 1. The zero-order chi connectivity index (χ0) is 18.9. The van der Waals surface area contributed by atoms with Crippen LogP contribution in [-0.2, 0) is 22.9 Å². The van der Waals surface area contributed by atoms with E-state index < -0.39 is 15.9 Å². The number of sulfonamides is 1. The van der Waals surface area contributed by atoms with Gasteiger partial charge in [0.25, 0.3) is 15.9 Å². The number of carbonyl (C=O) groups is 1. The number of rotatable bonds is 6. The Morgan fingerprint density at radius 1 is 1.35 bits per heavy atom. The zero-order valence-corrected chi connectivity index (χ0v) is 16.4. The molecule has 1 aliphatic carbocycles. The largest absolute Gasteiger partial charge is 0.494 e. The van der Waals surface area contributed by atoms with Gasteiger partial charge >= 0.3 is 0 Å². The molecule has 1 atom stereocenters. The van der Waals surface area contributed by atoms with Gasteiger partial charge in [-0.05, 0) is 61.9 Å². The monoisotopic (exact) mass is 394 g/mol. The Labute approximate surface area is 157 Å². The first-order valence-electron chi connectivity index (χ1n) is 8.51. The molecular weight excluding hydrogens is 372 g/mol. The van der Waals surface area contributed by atoms with Crippen molar-refractivity contribution < 1.29 is 17.9 Å². The summed E-state index contributed by atoms with van der Waals surface area (Å²) in [5.74, 6) is 0.517. The van der Waals surface area contributed by atoms with Crippen molar-refractivity contribution in [2.24, 2.45) is 11.7 Å². The number of fused-ring (bicyclic) bond motifs is 1. The fraction of sp³-hybridized carbons (Fsp3) is 0.389. The van der Waals surface area contributed by atoms with Crippen LogP contribution in [0.5, 0.6) is 5.75 Å². The molecule has 8 heteroatoms. The highest BCUT2D eigenvalue weighted by molar-refractivity contribution is 7.93. The SMILES string of the molecule is CCOc1ccc(S(=O)(=O)Nc2sc3c(c2C(N)=O)CCC(C)C3)cc1. The molecule has 2 aromatic rings. The Morgan fingerprint density at radius 3 is 2.65 bits per heavy atom. The Kier molecular flexibility index (Phi) is 5.24. The summed E-state index contributed by atoms with van der Waals surface area (Å²) in [6.07, 6.45) is 2.55. The lowest BCUT2D eigenvalue weighted by molar-refractivity contribution is 0.100. The van der Waals surface area contributed by atoms with Gasteiger partial charge in [-0.1, -0.05) is 6.92 Å². The van der Waals surface area contributed by atoms with E-state index in [1.54, 1.807) is 12.1 Å². The standard InChI is InChI=1S/C18H22N2O4S2/c1-3-24-12-5-7-13(8-6-12)26(22,23)20-18-16(17(19)21)14-9-4-11(2)10-15(14)25-18/h5-8,11,20H,3-4,9-10H2,1-2H3,(H2,19,21). The van der Waals surface area contributed by atoms with E-state index in [1.165, 1.54) is 23.5 Å². The van der Waals surface area contributed by atoms with Crippen molar-refractivity contribution in [3.63, 3.8) is 0 Å². The van der Waals surface area contributed by atoms with Crippen LogP contribution >= 0.6 is 11.3 Å². The molecule has 0 radical (unpaired) electrons. The quantitative estimate of drug-likeness (QED) is 0.786. The molecule has 6 nitrogen and oxygen atoms in total. The number of benzene rings is 1. The van der Waals surface area contributed by atoms with E-state index in [0.29, 0.717) is 28.8 Å². The van der Waals surface area contributed by atoms with Crippen LogP contribution in [0, 0.1) is 5.92 Å². The number of anilines is 1. The molecule has 0 fully saturated rings. The van der Waals surface area contributed by atoms with E-state index >= 15 is 0 Å². The fourth-order valence-corrected chi connectivity index (χ4v) is 5.87. The van der Waals surface area contributed by atoms with Crippen LogP contribution in [0.3, 0.4) is 0 Å². The zero-order valence-electron chi connectivity index (χ0n) is 14.7. The second-order valence-corrected chi connectivity index (χ2v) is 9.22. The number of thiophene rings is 1. The average molecular weight is 395 g/mol. The number of carbonyl (C=O) groups excluding carboxylic acids is 1. The predicted octanol–water partition coefficient (Wildman–Crippen LogP) is 3.17. The van der Waals surface area contributed by atoms with Gasteiger partial charge in [-0.25, -0.2) is 8.42 Å². The summed E-state index contributed by atoms with van der Waals surface area (Å²) < 4.78 is 33.3. The molecule has 1 unspecified atom stereocenters. The number of ether oxygens (including phenoxy) is 1. The molecule has 1 aromatic carbocycles. The number of primary amides is 1. The highest BCUT2D eigenvalue weighted by Crippen LogP contribution is 2.40. The highest BCUT2D eigenvalue weighted by atomic mass is 32.2. The van der Waals surface area contributed by atoms with E-state index in [4.69, 9.17) is 10.5 Å². The summed E-state index contributed by atoms with van der Waals surface area (Å²) >= 11 is 1.31. The fourth-order valence-electron chi connectivity index (χ4n) is 3.15. The number of nitrogens with one attached hydrogen (secondary N) is 1. The lowest BCUT2D eigenvalue weighted by atomic mass is 9.88. The summed E-state index contributed by atoms with van der Waals surface area (Å²) in [7, 11) is -3.82. The summed E-state index contributed by atoms with van der Waals surface area (Å²) in [6.45, 7) is 4.51. The van der Waals surface area contributed by atoms with E-state index in [0.717, 1.165) is 29.7 Å². The van der Waals surface area contributed by atoms with E-state index in [1.807, 2.05) is 6.92 Å². The third-order valence-electron chi connectivity index (χ3n) is 4.43. The molecule has 140 valence electrons. The number of hydrogen-bond acceptors (Lipinski definition) is 5. The molecule has 3 rings (SSSR count). The third kappa shape index (κ3) is 3.71. The first-order valence-corrected chi connectivity index (χ1v) is 10.8. The maximum Gasteiger partial charge on any atom is 0.262 e. The molecule has 0 bridgehead atoms. The van der Waals surface area contributed by atoms with Crippen LogP contribution in [-0.4, -0.2) is 20.9 Å². The molecular formula is C18H22N2O4S2. The predicted molar refractivity (Wildman–Crippen MR) is 102 cm³/mol. The minimum atomic E-state index is -3.82. The van der Waals surface area contributed by atoms with Crippen LogP contribution in [0.1, 0.15) is 41.1 Å². The molecule has 0 saturated carbocycles. The van der Waals surface area contributed by atoms with Gasteiger partial charge in [0.15, 0.2) is 0 Å². The molecule has 26 heavy (non-hydrogen) atoms. The smallest absolute Gasteiger partial charge is 0.262 e. The minimum absolute atomic E-state index is 0.108. The Bertz CT molecular complexity index is 917. The maximum absolute atomic E-state index is 12.7. The van der Waals surface area contributed by atoms with E-state index in [9.17, 15) is 13.2 Å². The van der Waals surface area contributed by atoms with Crippen molar-refractivity contribution in [3.8, 4) is 5.75 Å². The molecule has 1 amide bonds. The van der Waals surface area contributed by atoms with Crippen molar-refractivity contribution in [1.29, 1.82) is 0 Å². The van der Waals surface area contributed by atoms with Crippen LogP contribution in [0.2, 0.25) is 0 Å². The van der Waals surface area contributed by atoms with Crippen molar-refractivity contribution >= 4 is 32.3 Å². The summed E-state index contributed by atoms with van der Waals surface area (Å²) in [4.78, 5) is 13.1. The van der Waals surface area contributed by atoms with Crippen LogP contribution < -0.4 is 15.2 Å². The normalized spacial score (nSPS) is 16.8. The molecule has 1 aromatic heterocycles. The van der Waals surface area contributed by atoms with Gasteiger partial charge in [-0.2, -0.15) is 0 Å².